The number of aromatic nitrogens is 1. The molecule has 0 amide bonds. The smallest absolute Gasteiger partial charge is 0.165 e. The number of hydrogen-bond acceptors (Lipinski definition) is 14. The van der Waals surface area contributed by atoms with Gasteiger partial charge in [0.2, 0.25) is 0 Å². The number of hydrogen-bond donors (Lipinski definition) is 8. The van der Waals surface area contributed by atoms with Crippen LogP contribution in [0.15, 0.2) is 121 Å². The van der Waals surface area contributed by atoms with Gasteiger partial charge < -0.3 is 46.7 Å². The number of rotatable bonds is 7. The van der Waals surface area contributed by atoms with Gasteiger partial charge in [0.05, 0.1) is 37.5 Å². The van der Waals surface area contributed by atoms with Gasteiger partial charge in [0.15, 0.2) is 23.1 Å². The number of aromatic amines is 1. The first-order valence-corrected chi connectivity index (χ1v) is 35.6. The van der Waals surface area contributed by atoms with Crippen LogP contribution in [0.5, 0.6) is 17.2 Å². The number of aliphatic hydroxyl groups is 3. The fraction of sp³-hybridized carbons (Fsp3) is 0.437. The quantitative estimate of drug-likeness (QED) is 0.0425. The molecule has 0 radical (unpaired) electrons. The Kier molecular flexibility index (Phi) is 20.2. The van der Waals surface area contributed by atoms with Crippen molar-refractivity contribution in [3.8, 4) is 29.1 Å². The van der Waals surface area contributed by atoms with Gasteiger partial charge in [-0.15, -0.1) is 0 Å². The number of nitrogens with one attached hydrogen (secondary N) is 1. The summed E-state index contributed by atoms with van der Waals surface area (Å²) in [5, 5.41) is 58.8. The van der Waals surface area contributed by atoms with Crippen molar-refractivity contribution in [2.75, 3.05) is 30.5 Å². The van der Waals surface area contributed by atoms with E-state index in [4.69, 9.17) is 16.2 Å². The van der Waals surface area contributed by atoms with E-state index in [1.807, 2.05) is 31.2 Å². The Labute approximate surface area is 522 Å². The van der Waals surface area contributed by atoms with Crippen molar-refractivity contribution in [2.45, 2.75) is 132 Å². The number of carbonyl (C=O) groups excluding carboxylic acids is 2. The Hall–Kier alpha value is -5.38. The van der Waals surface area contributed by atoms with Gasteiger partial charge >= 0.3 is 0 Å². The number of nitrogens with two attached hydrogens (primary N) is 2. The average Bonchev–Trinajstić information content (AvgIpc) is 2.08. The summed E-state index contributed by atoms with van der Waals surface area (Å²) >= 11 is 0. The number of benzene rings is 5. The van der Waals surface area contributed by atoms with Crippen molar-refractivity contribution in [1.82, 2.24) is 4.98 Å². The number of H-pyrrole nitrogens is 1. The highest BCUT2D eigenvalue weighted by molar-refractivity contribution is 8.77. The number of aliphatic hydroxyl groups excluding tert-OH is 2. The summed E-state index contributed by atoms with van der Waals surface area (Å²) in [6.45, 7) is 2.15. The molecule has 452 valence electrons. The molecule has 5 aliphatic rings. The third-order valence-corrected chi connectivity index (χ3v) is 24.1. The normalized spacial score (nSPS) is 26.5. The topological polar surface area (TPSA) is 212 Å². The standard InChI is InChI=1S/C71H81N3O8S4/c1-44(76)28-49-20-24-70-25-21-56(77)16-12-47-15-19-66(79)68(31-47)82-27-23-48-14-18-65(78)62(30-48)61-36-67(80)58-22-26-74-64(58)9-5-8-50-34-60(69(72)73)54(35-59(50)61)40-83-85-41-55(37-70)71(81,42-70)43-86-84-39-53-33-51(49)32-52-29-46(13-17-57(52)63(53)38-75)11-10-45-6-3-2-4-7-45/h2-4,6-7,13-15,17-19,21-22,25-26,29-31,34-35,44,49,51,53,55,61,63,69,74-76,78-79,81H,9-12,16,20,23-24,27-28,32-33,36-43,72-73H2,1H3/b25-21+/t44-,49-,51-,53+,55-,61+,63+,70-,71+/m0/s1. The van der Waals surface area contributed by atoms with Crippen LogP contribution in [-0.4, -0.2) is 84.3 Å². The summed E-state index contributed by atoms with van der Waals surface area (Å²) in [5.74, 6) is 9.22. The monoisotopic (exact) mass is 1230 g/mol. The number of ketones is 2. The molecule has 2 aliphatic heterocycles. The minimum absolute atomic E-state index is 0.0132. The lowest BCUT2D eigenvalue weighted by Crippen LogP contribution is -2.37. The van der Waals surface area contributed by atoms with Gasteiger partial charge in [-0.05, 0) is 187 Å². The molecule has 6 aromatic rings. The van der Waals surface area contributed by atoms with Gasteiger partial charge in [0, 0.05) is 82.7 Å². The molecule has 1 saturated carbocycles. The molecular formula is C71H81N3O8S4. The van der Waals surface area contributed by atoms with Crippen molar-refractivity contribution in [3.05, 3.63) is 194 Å². The lowest BCUT2D eigenvalue weighted by Gasteiger charge is -2.34. The van der Waals surface area contributed by atoms with Crippen LogP contribution in [0.3, 0.4) is 0 Å². The first-order valence-electron chi connectivity index (χ1n) is 30.6. The maximum atomic E-state index is 14.5. The number of allylic oxidation sites excluding steroid dienone is 2. The highest BCUT2D eigenvalue weighted by Crippen LogP contribution is 2.57. The number of phenolic OH excluding ortho intramolecular Hbond substituents is 2. The van der Waals surface area contributed by atoms with E-state index < -0.39 is 29.2 Å². The molecule has 86 heavy (non-hydrogen) atoms. The summed E-state index contributed by atoms with van der Waals surface area (Å²) < 4.78 is 6.26. The second-order valence-electron chi connectivity index (χ2n) is 25.1. The molecule has 10 N–H and O–H groups in total. The summed E-state index contributed by atoms with van der Waals surface area (Å²) in [7, 11) is 6.90. The van der Waals surface area contributed by atoms with Gasteiger partial charge in [0.25, 0.3) is 0 Å². The summed E-state index contributed by atoms with van der Waals surface area (Å²) in [6, 6.07) is 34.0. The van der Waals surface area contributed by atoms with E-state index in [-0.39, 0.29) is 78.7 Å². The maximum absolute atomic E-state index is 14.5. The third kappa shape index (κ3) is 14.7. The van der Waals surface area contributed by atoms with Gasteiger partial charge in [-0.3, -0.25) is 9.59 Å². The van der Waals surface area contributed by atoms with Crippen LogP contribution in [-0.2, 0) is 49.1 Å². The van der Waals surface area contributed by atoms with E-state index in [9.17, 15) is 35.1 Å². The van der Waals surface area contributed by atoms with E-state index in [0.29, 0.717) is 78.2 Å². The van der Waals surface area contributed by atoms with Gasteiger partial charge in [-0.1, -0.05) is 134 Å². The molecule has 3 heterocycles. The Morgan fingerprint density at radius 3 is 2.42 bits per heavy atom. The number of phenols is 2. The third-order valence-electron chi connectivity index (χ3n) is 19.1. The first kappa shape index (κ1) is 62.2. The molecule has 11 rings (SSSR count). The number of fused-ring (bicyclic) bond motifs is 13. The Morgan fingerprint density at radius 2 is 1.60 bits per heavy atom. The van der Waals surface area contributed by atoms with E-state index in [0.717, 1.165) is 77.8 Å². The maximum Gasteiger partial charge on any atom is 0.165 e. The van der Waals surface area contributed by atoms with Crippen LogP contribution in [0.2, 0.25) is 0 Å². The number of aromatic hydroxyl groups is 2. The fourth-order valence-electron chi connectivity index (χ4n) is 14.5. The van der Waals surface area contributed by atoms with E-state index in [2.05, 4.69) is 77.5 Å². The molecule has 1 saturated heterocycles. The molecular weight excluding hydrogens is 1150 g/mol. The lowest BCUT2D eigenvalue weighted by atomic mass is 9.72. The SMILES string of the molecule is C[C@H](O)C[C@@H]1CC[C@]23/C=C/C(=O)CCc4ccc(O)c(c4)OCCc4ccc(O)c(c4)[C@@H]4CC(=O)c5cc[nH]c5CC#Cc5cc(C(N)N)c(cc54)CSSC[C@H](C2)[C@](O)(CSSC[C@H]2C[C@@H]1Cc1cc(CCc4ccccc4)ccc1[C@@H]2CO)C3. The number of ether oxygens (including phenoxy) is 1. The highest BCUT2D eigenvalue weighted by atomic mass is 33.1. The molecule has 2 fully saturated rings. The molecule has 11 bridgehead atoms. The van der Waals surface area contributed by atoms with Gasteiger partial charge in [-0.2, -0.15) is 0 Å². The fourth-order valence-corrected chi connectivity index (χ4v) is 20.0. The van der Waals surface area contributed by atoms with Crippen LogP contribution in [0.1, 0.15) is 154 Å². The molecule has 15 heteroatoms. The predicted octanol–water partition coefficient (Wildman–Crippen LogP) is 12.7. The zero-order chi connectivity index (χ0) is 60.0. The minimum Gasteiger partial charge on any atom is -0.508 e. The van der Waals surface area contributed by atoms with Crippen LogP contribution in [0.4, 0.5) is 0 Å². The Morgan fingerprint density at radius 1 is 0.802 bits per heavy atom. The van der Waals surface area contributed by atoms with E-state index in [1.54, 1.807) is 79.7 Å². The molecule has 3 aliphatic carbocycles. The Bertz CT molecular complexity index is 3480. The van der Waals surface area contributed by atoms with Crippen molar-refractivity contribution in [3.63, 3.8) is 0 Å². The first-order chi connectivity index (χ1) is 41.6. The molecule has 11 nitrogen and oxygen atoms in total. The predicted molar refractivity (Wildman–Crippen MR) is 351 cm³/mol. The summed E-state index contributed by atoms with van der Waals surface area (Å²) in [4.78, 5) is 31.9. The molecule has 9 atom stereocenters. The van der Waals surface area contributed by atoms with Crippen molar-refractivity contribution in [2.24, 2.45) is 40.6 Å². The van der Waals surface area contributed by atoms with Gasteiger partial charge in [0.1, 0.15) is 5.75 Å². The number of carbonyl (C=O) groups is 2. The summed E-state index contributed by atoms with van der Waals surface area (Å²) in [6.07, 6.45) is 12.8. The van der Waals surface area contributed by atoms with Crippen molar-refractivity contribution < 1.29 is 39.9 Å². The molecule has 1 spiro atoms. The lowest BCUT2D eigenvalue weighted by molar-refractivity contribution is -0.114. The Balaban J connectivity index is 0.939. The van der Waals surface area contributed by atoms with Crippen LogP contribution in [0.25, 0.3) is 0 Å². The molecule has 1 aromatic heterocycles. The molecule has 0 unspecified atom stereocenters. The van der Waals surface area contributed by atoms with Crippen LogP contribution in [0, 0.1) is 40.9 Å². The number of Topliss-reactive ketones (excluding diaryl/α,β-unsaturated/α-hetero) is 1. The van der Waals surface area contributed by atoms with Crippen LogP contribution < -0.4 is 16.2 Å². The highest BCUT2D eigenvalue weighted by Gasteiger charge is 2.53. The van der Waals surface area contributed by atoms with Gasteiger partial charge in [-0.25, -0.2) is 0 Å². The van der Waals surface area contributed by atoms with Crippen molar-refractivity contribution in [1.29, 1.82) is 0 Å². The van der Waals surface area contributed by atoms with Crippen molar-refractivity contribution >= 4 is 54.7 Å². The minimum atomic E-state index is -1.08. The molecule has 5 aromatic carbocycles. The van der Waals surface area contributed by atoms with E-state index in [1.165, 1.54) is 22.3 Å². The second kappa shape index (κ2) is 28.0. The van der Waals surface area contributed by atoms with Crippen LogP contribution >= 0.6 is 43.2 Å². The zero-order valence-electron chi connectivity index (χ0n) is 49.1. The van der Waals surface area contributed by atoms with E-state index >= 15 is 0 Å². The second-order valence-corrected chi connectivity index (χ2v) is 30.1. The zero-order valence-corrected chi connectivity index (χ0v) is 52.3. The summed E-state index contributed by atoms with van der Waals surface area (Å²) in [5.41, 5.74) is 23.5. The number of aryl methyl sites for hydroxylation is 3. The average molecular weight is 1230 g/mol. The largest absolute Gasteiger partial charge is 0.508 e.